The number of imidazole rings is 1. The summed E-state index contributed by atoms with van der Waals surface area (Å²) in [5.41, 5.74) is 3.86. The molecule has 0 saturated heterocycles. The summed E-state index contributed by atoms with van der Waals surface area (Å²) in [6, 6.07) is 8.75. The number of nitrogens with zero attached hydrogens (tertiary/aromatic N) is 2. The molecule has 17 heavy (non-hydrogen) atoms. The second-order valence-electron chi connectivity index (χ2n) is 5.21. The summed E-state index contributed by atoms with van der Waals surface area (Å²) in [6.07, 6.45) is 5.05. The number of hydrogen-bond acceptors (Lipinski definition) is 1. The van der Waals surface area contributed by atoms with Crippen LogP contribution in [0.3, 0.4) is 0 Å². The zero-order valence-electron chi connectivity index (χ0n) is 11.1. The van der Waals surface area contributed by atoms with Gasteiger partial charge in [-0.3, -0.25) is 0 Å². The van der Waals surface area contributed by atoms with Gasteiger partial charge in [-0.25, -0.2) is 4.98 Å². The van der Waals surface area contributed by atoms with Crippen LogP contribution in [-0.4, -0.2) is 9.55 Å². The van der Waals surface area contributed by atoms with E-state index in [-0.39, 0.29) is 5.41 Å². The van der Waals surface area contributed by atoms with Crippen LogP contribution in [0.15, 0.2) is 36.8 Å². The molecule has 2 rings (SSSR count). The van der Waals surface area contributed by atoms with Crippen LogP contribution < -0.4 is 0 Å². The molecule has 0 radical (unpaired) electrons. The maximum atomic E-state index is 4.24. The Labute approximate surface area is 103 Å². The van der Waals surface area contributed by atoms with E-state index >= 15 is 0 Å². The van der Waals surface area contributed by atoms with Crippen molar-refractivity contribution in [3.63, 3.8) is 0 Å². The van der Waals surface area contributed by atoms with Gasteiger partial charge in [0.1, 0.15) is 0 Å². The Kier molecular flexibility index (Phi) is 3.05. The van der Waals surface area contributed by atoms with Gasteiger partial charge in [-0.2, -0.15) is 0 Å². The highest BCUT2D eigenvalue weighted by molar-refractivity contribution is 5.37. The molecule has 0 saturated carbocycles. The highest BCUT2D eigenvalue weighted by Gasteiger charge is 2.17. The van der Waals surface area contributed by atoms with Gasteiger partial charge in [0.25, 0.3) is 0 Å². The van der Waals surface area contributed by atoms with Crippen molar-refractivity contribution in [3.05, 3.63) is 48.0 Å². The van der Waals surface area contributed by atoms with Crippen molar-refractivity contribution in [2.75, 3.05) is 0 Å². The van der Waals surface area contributed by atoms with Crippen LogP contribution in [-0.2, 0) is 5.41 Å². The SMILES string of the molecule is CCC(C)(C)c1ccc(-n2cnc(C)c2)cc1. The Morgan fingerprint density at radius 3 is 2.29 bits per heavy atom. The second kappa shape index (κ2) is 4.36. The average Bonchev–Trinajstić information content (AvgIpc) is 2.76. The van der Waals surface area contributed by atoms with Crippen LogP contribution in [0.2, 0.25) is 0 Å². The summed E-state index contributed by atoms with van der Waals surface area (Å²) in [5, 5.41) is 0. The first kappa shape index (κ1) is 11.9. The van der Waals surface area contributed by atoms with Gasteiger partial charge in [0.05, 0.1) is 12.0 Å². The van der Waals surface area contributed by atoms with Gasteiger partial charge >= 0.3 is 0 Å². The molecule has 0 fully saturated rings. The van der Waals surface area contributed by atoms with Crippen molar-refractivity contribution < 1.29 is 0 Å². The number of aromatic nitrogens is 2. The Hall–Kier alpha value is -1.57. The van der Waals surface area contributed by atoms with Gasteiger partial charge < -0.3 is 4.57 Å². The molecular formula is C15H20N2. The van der Waals surface area contributed by atoms with Crippen LogP contribution in [0.4, 0.5) is 0 Å². The van der Waals surface area contributed by atoms with E-state index in [2.05, 4.69) is 54.6 Å². The molecule has 0 N–H and O–H groups in total. The fraction of sp³-hybridized carbons (Fsp3) is 0.400. The highest BCUT2D eigenvalue weighted by Crippen LogP contribution is 2.27. The highest BCUT2D eigenvalue weighted by atomic mass is 15.0. The first-order valence-electron chi connectivity index (χ1n) is 6.14. The van der Waals surface area contributed by atoms with Crippen molar-refractivity contribution >= 4 is 0 Å². The summed E-state index contributed by atoms with van der Waals surface area (Å²) < 4.78 is 2.05. The first-order chi connectivity index (χ1) is 8.03. The third-order valence-corrected chi connectivity index (χ3v) is 3.54. The molecule has 1 aromatic carbocycles. The molecule has 0 unspecified atom stereocenters. The van der Waals surface area contributed by atoms with E-state index in [1.54, 1.807) is 0 Å². The average molecular weight is 228 g/mol. The van der Waals surface area contributed by atoms with Gasteiger partial charge in [-0.1, -0.05) is 32.9 Å². The maximum absolute atomic E-state index is 4.24. The zero-order valence-corrected chi connectivity index (χ0v) is 11.1. The van der Waals surface area contributed by atoms with E-state index < -0.39 is 0 Å². The first-order valence-corrected chi connectivity index (χ1v) is 6.14. The van der Waals surface area contributed by atoms with Gasteiger partial charge in [0, 0.05) is 11.9 Å². The lowest BCUT2D eigenvalue weighted by atomic mass is 9.82. The predicted molar refractivity (Wildman–Crippen MR) is 71.6 cm³/mol. The van der Waals surface area contributed by atoms with Crippen LogP contribution in [0.5, 0.6) is 0 Å². The van der Waals surface area contributed by atoms with Gasteiger partial charge in [0.15, 0.2) is 0 Å². The molecule has 0 spiro atoms. The standard InChI is InChI=1S/C15H20N2/c1-5-15(3,4)13-6-8-14(9-7-13)17-10-12(2)16-11-17/h6-11H,5H2,1-4H3. The van der Waals surface area contributed by atoms with E-state index in [4.69, 9.17) is 0 Å². The minimum absolute atomic E-state index is 0.253. The molecule has 0 atom stereocenters. The van der Waals surface area contributed by atoms with Crippen LogP contribution in [0.25, 0.3) is 5.69 Å². The Bertz CT molecular complexity index is 492. The van der Waals surface area contributed by atoms with Crippen molar-refractivity contribution in [1.82, 2.24) is 9.55 Å². The molecule has 90 valence electrons. The van der Waals surface area contributed by atoms with Crippen LogP contribution in [0, 0.1) is 6.92 Å². The topological polar surface area (TPSA) is 17.8 Å². The van der Waals surface area contributed by atoms with Crippen LogP contribution >= 0.6 is 0 Å². The minimum atomic E-state index is 0.253. The second-order valence-corrected chi connectivity index (χ2v) is 5.21. The van der Waals surface area contributed by atoms with E-state index in [1.807, 2.05) is 19.4 Å². The largest absolute Gasteiger partial charge is 0.306 e. The lowest BCUT2D eigenvalue weighted by molar-refractivity contribution is 0.506. The molecule has 0 bridgehead atoms. The molecule has 0 aliphatic heterocycles. The van der Waals surface area contributed by atoms with Gasteiger partial charge in [0.2, 0.25) is 0 Å². The molecule has 0 aliphatic carbocycles. The normalized spacial score (nSPS) is 11.8. The van der Waals surface area contributed by atoms with Crippen LogP contribution in [0.1, 0.15) is 38.4 Å². The lowest BCUT2D eigenvalue weighted by Gasteiger charge is -2.23. The summed E-state index contributed by atoms with van der Waals surface area (Å²) >= 11 is 0. The molecule has 2 aromatic rings. The van der Waals surface area contributed by atoms with E-state index in [1.165, 1.54) is 11.3 Å². The Morgan fingerprint density at radius 1 is 1.18 bits per heavy atom. The van der Waals surface area contributed by atoms with E-state index in [0.717, 1.165) is 12.1 Å². The van der Waals surface area contributed by atoms with E-state index in [0.29, 0.717) is 0 Å². The summed E-state index contributed by atoms with van der Waals surface area (Å²) in [6.45, 7) is 8.80. The molecule has 1 heterocycles. The zero-order chi connectivity index (χ0) is 12.5. The Balaban J connectivity index is 2.30. The molecular weight excluding hydrogens is 208 g/mol. The molecule has 1 aromatic heterocycles. The Morgan fingerprint density at radius 2 is 1.82 bits per heavy atom. The third kappa shape index (κ3) is 2.41. The molecule has 0 amide bonds. The fourth-order valence-corrected chi connectivity index (χ4v) is 1.85. The molecule has 2 heteroatoms. The number of rotatable bonds is 3. The fourth-order valence-electron chi connectivity index (χ4n) is 1.85. The van der Waals surface area contributed by atoms with Crippen molar-refractivity contribution in [2.45, 2.75) is 39.5 Å². The van der Waals surface area contributed by atoms with E-state index in [9.17, 15) is 0 Å². The third-order valence-electron chi connectivity index (χ3n) is 3.54. The number of benzene rings is 1. The quantitative estimate of drug-likeness (QED) is 0.779. The van der Waals surface area contributed by atoms with Crippen molar-refractivity contribution in [3.8, 4) is 5.69 Å². The number of hydrogen-bond donors (Lipinski definition) is 0. The number of aryl methyl sites for hydroxylation is 1. The van der Waals surface area contributed by atoms with Crippen molar-refractivity contribution in [2.24, 2.45) is 0 Å². The minimum Gasteiger partial charge on any atom is -0.306 e. The predicted octanol–water partition coefficient (Wildman–Crippen LogP) is 3.87. The van der Waals surface area contributed by atoms with Gasteiger partial charge in [-0.05, 0) is 36.5 Å². The lowest BCUT2D eigenvalue weighted by Crippen LogP contribution is -2.15. The summed E-state index contributed by atoms with van der Waals surface area (Å²) in [5.74, 6) is 0. The molecule has 0 aliphatic rings. The maximum Gasteiger partial charge on any atom is 0.0995 e. The summed E-state index contributed by atoms with van der Waals surface area (Å²) in [7, 11) is 0. The monoisotopic (exact) mass is 228 g/mol. The smallest absolute Gasteiger partial charge is 0.0995 e. The molecule has 2 nitrogen and oxygen atoms in total. The summed E-state index contributed by atoms with van der Waals surface area (Å²) in [4.78, 5) is 4.24. The van der Waals surface area contributed by atoms with Crippen molar-refractivity contribution in [1.29, 1.82) is 0 Å². The van der Waals surface area contributed by atoms with Gasteiger partial charge in [-0.15, -0.1) is 0 Å².